The number of hydrogen-bond donors (Lipinski definition) is 0. The van der Waals surface area contributed by atoms with Crippen molar-refractivity contribution in [1.82, 2.24) is 14.7 Å². The lowest BCUT2D eigenvalue weighted by atomic mass is 10.0. The first-order chi connectivity index (χ1) is 16.0. The molecule has 2 fully saturated rings. The Morgan fingerprint density at radius 1 is 0.909 bits per heavy atom. The standard InChI is InChI=1S/C26H34N4O3/c1-27-14-12-22(13-15-27)28-16-18-29(19-17-28)25(31)20-30(23-6-4-3-5-7-23)26(32)21-8-10-24(33-2)11-9-21/h3-11,22H,12-20H2,1-2H3. The lowest BCUT2D eigenvalue weighted by molar-refractivity contribution is -0.131. The Morgan fingerprint density at radius 2 is 1.55 bits per heavy atom. The number of methoxy groups -OCH3 is 1. The van der Waals surface area contributed by atoms with E-state index in [1.807, 2.05) is 35.2 Å². The molecule has 2 aliphatic rings. The van der Waals surface area contributed by atoms with E-state index in [1.54, 1.807) is 36.3 Å². The summed E-state index contributed by atoms with van der Waals surface area (Å²) >= 11 is 0. The first kappa shape index (κ1) is 23.3. The number of rotatable bonds is 6. The Kier molecular flexibility index (Phi) is 7.62. The van der Waals surface area contributed by atoms with Gasteiger partial charge in [0.2, 0.25) is 5.91 Å². The van der Waals surface area contributed by atoms with Crippen molar-refractivity contribution in [2.24, 2.45) is 0 Å². The molecule has 7 heteroatoms. The largest absolute Gasteiger partial charge is 0.497 e. The van der Waals surface area contributed by atoms with Crippen LogP contribution in [-0.2, 0) is 4.79 Å². The van der Waals surface area contributed by atoms with Crippen LogP contribution in [0.3, 0.4) is 0 Å². The Balaban J connectivity index is 1.41. The lowest BCUT2D eigenvalue weighted by Crippen LogP contribution is -2.55. The predicted octanol–water partition coefficient (Wildman–Crippen LogP) is 2.58. The quantitative estimate of drug-likeness (QED) is 0.677. The molecule has 0 radical (unpaired) electrons. The van der Waals surface area contributed by atoms with E-state index in [0.717, 1.165) is 31.9 Å². The Labute approximate surface area is 196 Å². The molecule has 2 aromatic carbocycles. The summed E-state index contributed by atoms with van der Waals surface area (Å²) in [6.45, 7) is 5.54. The maximum Gasteiger partial charge on any atom is 0.258 e. The van der Waals surface area contributed by atoms with E-state index in [2.05, 4.69) is 16.8 Å². The molecule has 0 aliphatic carbocycles. The van der Waals surface area contributed by atoms with Crippen LogP contribution in [0.1, 0.15) is 23.2 Å². The topological polar surface area (TPSA) is 56.3 Å². The van der Waals surface area contributed by atoms with Gasteiger partial charge >= 0.3 is 0 Å². The Morgan fingerprint density at radius 3 is 2.15 bits per heavy atom. The molecular formula is C26H34N4O3. The van der Waals surface area contributed by atoms with Crippen LogP contribution in [0.5, 0.6) is 5.75 Å². The molecule has 4 rings (SSSR count). The van der Waals surface area contributed by atoms with Crippen molar-refractivity contribution < 1.29 is 14.3 Å². The monoisotopic (exact) mass is 450 g/mol. The van der Waals surface area contributed by atoms with Gasteiger partial charge in [0, 0.05) is 43.5 Å². The second-order valence-electron chi connectivity index (χ2n) is 8.91. The highest BCUT2D eigenvalue weighted by molar-refractivity contribution is 6.08. The predicted molar refractivity (Wildman–Crippen MR) is 130 cm³/mol. The fourth-order valence-electron chi connectivity index (χ4n) is 4.71. The van der Waals surface area contributed by atoms with E-state index >= 15 is 0 Å². The summed E-state index contributed by atoms with van der Waals surface area (Å²) in [5.41, 5.74) is 1.25. The zero-order valence-corrected chi connectivity index (χ0v) is 19.7. The number of amides is 2. The number of likely N-dealkylation sites (tertiary alicyclic amines) is 1. The number of benzene rings is 2. The molecular weight excluding hydrogens is 416 g/mol. The summed E-state index contributed by atoms with van der Waals surface area (Å²) in [4.78, 5) is 35.0. The Bertz CT molecular complexity index is 918. The van der Waals surface area contributed by atoms with E-state index in [4.69, 9.17) is 4.74 Å². The van der Waals surface area contributed by atoms with Gasteiger partial charge in [0.05, 0.1) is 7.11 Å². The summed E-state index contributed by atoms with van der Waals surface area (Å²) in [5.74, 6) is 0.488. The molecule has 2 aliphatic heterocycles. The molecule has 7 nitrogen and oxygen atoms in total. The smallest absolute Gasteiger partial charge is 0.258 e. The molecule has 0 bridgehead atoms. The Hall–Kier alpha value is -2.90. The van der Waals surface area contributed by atoms with Crippen molar-refractivity contribution in [2.45, 2.75) is 18.9 Å². The van der Waals surface area contributed by atoms with Gasteiger partial charge in [-0.15, -0.1) is 0 Å². The average Bonchev–Trinajstić information content (AvgIpc) is 2.88. The second kappa shape index (κ2) is 10.8. The molecule has 0 aromatic heterocycles. The zero-order valence-electron chi connectivity index (χ0n) is 19.7. The van der Waals surface area contributed by atoms with Crippen molar-refractivity contribution in [1.29, 1.82) is 0 Å². The molecule has 0 atom stereocenters. The minimum atomic E-state index is -0.192. The van der Waals surface area contributed by atoms with E-state index in [0.29, 0.717) is 30.4 Å². The van der Waals surface area contributed by atoms with Crippen LogP contribution in [-0.4, -0.2) is 92.5 Å². The first-order valence-corrected chi connectivity index (χ1v) is 11.8. The summed E-state index contributed by atoms with van der Waals surface area (Å²) in [6.07, 6.45) is 2.39. The molecule has 0 unspecified atom stereocenters. The van der Waals surface area contributed by atoms with Crippen LogP contribution < -0.4 is 9.64 Å². The molecule has 33 heavy (non-hydrogen) atoms. The third-order valence-electron chi connectivity index (χ3n) is 6.81. The average molecular weight is 451 g/mol. The fourth-order valence-corrected chi connectivity index (χ4v) is 4.71. The van der Waals surface area contributed by atoms with E-state index in [1.165, 1.54) is 12.8 Å². The number of piperazine rings is 1. The summed E-state index contributed by atoms with van der Waals surface area (Å²) in [5, 5.41) is 0. The van der Waals surface area contributed by atoms with E-state index in [9.17, 15) is 9.59 Å². The van der Waals surface area contributed by atoms with Crippen LogP contribution >= 0.6 is 0 Å². The SMILES string of the molecule is COc1ccc(C(=O)N(CC(=O)N2CCN(C3CCN(C)CC3)CC2)c2ccccc2)cc1. The van der Waals surface area contributed by atoms with Gasteiger partial charge in [0.15, 0.2) is 0 Å². The van der Waals surface area contributed by atoms with Gasteiger partial charge in [-0.1, -0.05) is 18.2 Å². The number of nitrogens with zero attached hydrogens (tertiary/aromatic N) is 4. The molecule has 2 aromatic rings. The van der Waals surface area contributed by atoms with Crippen LogP contribution in [0.25, 0.3) is 0 Å². The van der Waals surface area contributed by atoms with Gasteiger partial charge in [0.25, 0.3) is 5.91 Å². The maximum atomic E-state index is 13.4. The third-order valence-corrected chi connectivity index (χ3v) is 6.81. The highest BCUT2D eigenvalue weighted by Crippen LogP contribution is 2.21. The van der Waals surface area contributed by atoms with Gasteiger partial charge in [-0.2, -0.15) is 0 Å². The van der Waals surface area contributed by atoms with Crippen LogP contribution in [0.15, 0.2) is 54.6 Å². The number of carbonyl (C=O) groups excluding carboxylic acids is 2. The van der Waals surface area contributed by atoms with Gasteiger partial charge in [0.1, 0.15) is 12.3 Å². The molecule has 2 amide bonds. The number of hydrogen-bond acceptors (Lipinski definition) is 5. The number of ether oxygens (including phenoxy) is 1. The number of anilines is 1. The van der Waals surface area contributed by atoms with Crippen molar-refractivity contribution in [3.63, 3.8) is 0 Å². The normalized spacial score (nSPS) is 18.2. The van der Waals surface area contributed by atoms with E-state index < -0.39 is 0 Å². The number of carbonyl (C=O) groups is 2. The molecule has 2 heterocycles. The second-order valence-corrected chi connectivity index (χ2v) is 8.91. The number of piperidine rings is 1. The summed E-state index contributed by atoms with van der Waals surface area (Å²) in [6, 6.07) is 17.0. The lowest BCUT2D eigenvalue weighted by Gasteiger charge is -2.42. The van der Waals surface area contributed by atoms with Gasteiger partial charge < -0.3 is 14.5 Å². The summed E-state index contributed by atoms with van der Waals surface area (Å²) < 4.78 is 5.20. The van der Waals surface area contributed by atoms with Crippen LogP contribution in [0, 0.1) is 0 Å². The fraction of sp³-hybridized carbons (Fsp3) is 0.462. The number of para-hydroxylation sites is 1. The molecule has 0 saturated carbocycles. The van der Waals surface area contributed by atoms with E-state index in [-0.39, 0.29) is 18.4 Å². The van der Waals surface area contributed by atoms with Crippen molar-refractivity contribution in [2.75, 3.05) is 64.9 Å². The molecule has 176 valence electrons. The van der Waals surface area contributed by atoms with Gasteiger partial charge in [-0.3, -0.25) is 19.4 Å². The minimum absolute atomic E-state index is 0.0104. The first-order valence-electron chi connectivity index (χ1n) is 11.8. The zero-order chi connectivity index (χ0) is 23.2. The van der Waals surface area contributed by atoms with Crippen molar-refractivity contribution in [3.8, 4) is 5.75 Å². The highest BCUT2D eigenvalue weighted by Gasteiger charge is 2.30. The minimum Gasteiger partial charge on any atom is -0.497 e. The van der Waals surface area contributed by atoms with Crippen LogP contribution in [0.4, 0.5) is 5.69 Å². The molecule has 2 saturated heterocycles. The van der Waals surface area contributed by atoms with Crippen molar-refractivity contribution >= 4 is 17.5 Å². The maximum absolute atomic E-state index is 13.4. The third kappa shape index (κ3) is 5.72. The molecule has 0 N–H and O–H groups in total. The van der Waals surface area contributed by atoms with Gasteiger partial charge in [-0.05, 0) is 69.4 Å². The summed E-state index contributed by atoms with van der Waals surface area (Å²) in [7, 11) is 3.77. The van der Waals surface area contributed by atoms with Gasteiger partial charge in [-0.25, -0.2) is 0 Å². The van der Waals surface area contributed by atoms with Crippen molar-refractivity contribution in [3.05, 3.63) is 60.2 Å². The highest BCUT2D eigenvalue weighted by atomic mass is 16.5. The molecule has 0 spiro atoms. The van der Waals surface area contributed by atoms with Crippen LogP contribution in [0.2, 0.25) is 0 Å².